The summed E-state index contributed by atoms with van der Waals surface area (Å²) in [5.41, 5.74) is 1.38. The number of hydrogen-bond donors (Lipinski definition) is 1. The van der Waals surface area contributed by atoms with Gasteiger partial charge in [-0.25, -0.2) is 4.39 Å². The molecule has 1 spiro atoms. The second-order valence-electron chi connectivity index (χ2n) is 6.47. The van der Waals surface area contributed by atoms with Crippen LogP contribution in [-0.4, -0.2) is 47.9 Å². The Morgan fingerprint density at radius 3 is 2.62 bits per heavy atom. The van der Waals surface area contributed by atoms with Gasteiger partial charge in [-0.1, -0.05) is 12.1 Å². The number of likely N-dealkylation sites (tertiary alicyclic amines) is 1. The number of rotatable bonds is 3. The number of pyridine rings is 1. The third-order valence-corrected chi connectivity index (χ3v) is 4.76. The van der Waals surface area contributed by atoms with Crippen molar-refractivity contribution in [2.24, 2.45) is 0 Å². The van der Waals surface area contributed by atoms with Gasteiger partial charge in [0.2, 0.25) is 0 Å². The predicted molar refractivity (Wildman–Crippen MR) is 93.7 cm³/mol. The largest absolute Gasteiger partial charge is 0.352 e. The first-order chi connectivity index (χ1) is 12.7. The fourth-order valence-electron chi connectivity index (χ4n) is 3.36. The molecule has 1 amide bonds. The summed E-state index contributed by atoms with van der Waals surface area (Å²) < 4.78 is 25.2. The zero-order chi connectivity index (χ0) is 18.0. The molecule has 3 heterocycles. The number of para-hydroxylation sites is 1. The minimum absolute atomic E-state index is 0.0949. The highest BCUT2D eigenvalue weighted by atomic mass is 19.1. The number of carbonyl (C=O) groups is 1. The number of carbonyl (C=O) groups excluding carboxylic acids is 1. The van der Waals surface area contributed by atoms with E-state index in [0.29, 0.717) is 56.1 Å². The van der Waals surface area contributed by atoms with Crippen molar-refractivity contribution in [3.8, 4) is 0 Å². The van der Waals surface area contributed by atoms with Crippen molar-refractivity contribution in [2.45, 2.75) is 18.6 Å². The highest BCUT2D eigenvalue weighted by Gasteiger charge is 2.40. The number of benzene rings is 1. The maximum atomic E-state index is 13.8. The fraction of sp³-hybridized carbons (Fsp3) is 0.368. The lowest BCUT2D eigenvalue weighted by Crippen LogP contribution is -2.47. The van der Waals surface area contributed by atoms with E-state index in [1.54, 1.807) is 35.4 Å². The molecule has 0 bridgehead atoms. The van der Waals surface area contributed by atoms with Crippen LogP contribution in [0.2, 0.25) is 0 Å². The summed E-state index contributed by atoms with van der Waals surface area (Å²) in [4.78, 5) is 18.7. The molecule has 0 aliphatic carbocycles. The topological polar surface area (TPSA) is 63.7 Å². The molecule has 4 rings (SSSR count). The zero-order valence-electron chi connectivity index (χ0n) is 14.3. The molecule has 0 radical (unpaired) electrons. The van der Waals surface area contributed by atoms with Gasteiger partial charge in [0.05, 0.1) is 36.3 Å². The molecule has 0 saturated carbocycles. The standard InChI is InChI=1S/C19H20FN3O3/c20-16-3-1-2-4-17(16)22-15-11-14(12-21-13-15)18(24)23-7-5-19(6-8-23)25-9-10-26-19/h1-4,11-13,22H,5-10H2. The van der Waals surface area contributed by atoms with E-state index in [0.717, 1.165) is 0 Å². The molecule has 0 unspecified atom stereocenters. The molecule has 26 heavy (non-hydrogen) atoms. The first kappa shape index (κ1) is 16.9. The molecule has 2 aliphatic heterocycles. The Hall–Kier alpha value is -2.51. The summed E-state index contributed by atoms with van der Waals surface area (Å²) in [5, 5.41) is 2.96. The summed E-state index contributed by atoms with van der Waals surface area (Å²) >= 11 is 0. The van der Waals surface area contributed by atoms with E-state index in [1.807, 2.05) is 0 Å². The van der Waals surface area contributed by atoms with Gasteiger partial charge in [-0.2, -0.15) is 0 Å². The monoisotopic (exact) mass is 357 g/mol. The second kappa shape index (κ2) is 7.01. The molecule has 0 atom stereocenters. The fourth-order valence-corrected chi connectivity index (χ4v) is 3.36. The molecule has 7 heteroatoms. The molecule has 2 aromatic rings. The minimum atomic E-state index is -0.511. The number of nitrogens with one attached hydrogen (secondary N) is 1. The van der Waals surface area contributed by atoms with Gasteiger partial charge in [-0.3, -0.25) is 9.78 Å². The lowest BCUT2D eigenvalue weighted by molar-refractivity contribution is -0.181. The smallest absolute Gasteiger partial charge is 0.255 e. The first-order valence-corrected chi connectivity index (χ1v) is 8.69. The molecule has 2 aliphatic rings. The normalized spacial score (nSPS) is 18.9. The van der Waals surface area contributed by atoms with Gasteiger partial charge in [0.1, 0.15) is 5.82 Å². The highest BCUT2D eigenvalue weighted by Crippen LogP contribution is 2.31. The van der Waals surface area contributed by atoms with Crippen LogP contribution in [0.25, 0.3) is 0 Å². The molecule has 1 N–H and O–H groups in total. The number of hydrogen-bond acceptors (Lipinski definition) is 5. The van der Waals surface area contributed by atoms with Crippen molar-refractivity contribution >= 4 is 17.3 Å². The maximum Gasteiger partial charge on any atom is 0.255 e. The summed E-state index contributed by atoms with van der Waals surface area (Å²) in [6.45, 7) is 2.37. The van der Waals surface area contributed by atoms with Gasteiger partial charge in [-0.15, -0.1) is 0 Å². The van der Waals surface area contributed by atoms with Crippen molar-refractivity contribution in [3.05, 3.63) is 54.1 Å². The van der Waals surface area contributed by atoms with Crippen LogP contribution in [0.4, 0.5) is 15.8 Å². The van der Waals surface area contributed by atoms with Gasteiger partial charge >= 0.3 is 0 Å². The van der Waals surface area contributed by atoms with E-state index < -0.39 is 5.79 Å². The minimum Gasteiger partial charge on any atom is -0.352 e. The lowest BCUT2D eigenvalue weighted by atomic mass is 10.0. The Kier molecular flexibility index (Phi) is 4.57. The Balaban J connectivity index is 1.44. The van der Waals surface area contributed by atoms with Crippen LogP contribution in [0.3, 0.4) is 0 Å². The van der Waals surface area contributed by atoms with Crippen LogP contribution < -0.4 is 5.32 Å². The van der Waals surface area contributed by atoms with Crippen molar-refractivity contribution in [2.75, 3.05) is 31.6 Å². The number of aromatic nitrogens is 1. The molecule has 1 aromatic carbocycles. The number of anilines is 2. The number of piperidine rings is 1. The van der Waals surface area contributed by atoms with Gasteiger partial charge < -0.3 is 19.7 Å². The number of amides is 1. The Morgan fingerprint density at radius 1 is 1.15 bits per heavy atom. The Bertz CT molecular complexity index is 798. The average Bonchev–Trinajstić information content (AvgIpc) is 3.12. The molecule has 136 valence electrons. The van der Waals surface area contributed by atoms with Crippen LogP contribution in [-0.2, 0) is 9.47 Å². The van der Waals surface area contributed by atoms with Crippen molar-refractivity contribution < 1.29 is 18.7 Å². The van der Waals surface area contributed by atoms with Crippen molar-refractivity contribution in [1.29, 1.82) is 0 Å². The number of nitrogens with zero attached hydrogens (tertiary/aromatic N) is 2. The summed E-state index contributed by atoms with van der Waals surface area (Å²) in [6.07, 6.45) is 4.43. The van der Waals surface area contributed by atoms with Crippen LogP contribution in [0, 0.1) is 5.82 Å². The highest BCUT2D eigenvalue weighted by molar-refractivity contribution is 5.95. The molecular weight excluding hydrogens is 337 g/mol. The molecule has 2 fully saturated rings. The quantitative estimate of drug-likeness (QED) is 0.915. The van der Waals surface area contributed by atoms with Gasteiger partial charge in [0.15, 0.2) is 5.79 Å². The van der Waals surface area contributed by atoms with E-state index in [1.165, 1.54) is 12.3 Å². The molecule has 2 saturated heterocycles. The maximum absolute atomic E-state index is 13.8. The van der Waals surface area contributed by atoms with Crippen LogP contribution in [0.5, 0.6) is 0 Å². The number of ether oxygens (including phenoxy) is 2. The zero-order valence-corrected chi connectivity index (χ0v) is 14.3. The van der Waals surface area contributed by atoms with Crippen LogP contribution >= 0.6 is 0 Å². The third-order valence-electron chi connectivity index (χ3n) is 4.76. The summed E-state index contributed by atoms with van der Waals surface area (Å²) in [6, 6.07) is 8.07. The van der Waals surface area contributed by atoms with E-state index in [-0.39, 0.29) is 11.7 Å². The lowest BCUT2D eigenvalue weighted by Gasteiger charge is -2.37. The average molecular weight is 357 g/mol. The molecule has 1 aromatic heterocycles. The van der Waals surface area contributed by atoms with Gasteiger partial charge in [-0.05, 0) is 18.2 Å². The van der Waals surface area contributed by atoms with Gasteiger partial charge in [0.25, 0.3) is 5.91 Å². The summed E-state index contributed by atoms with van der Waals surface area (Å²) in [5.74, 6) is -0.965. The first-order valence-electron chi connectivity index (χ1n) is 8.69. The van der Waals surface area contributed by atoms with E-state index in [4.69, 9.17) is 9.47 Å². The molecule has 6 nitrogen and oxygen atoms in total. The van der Waals surface area contributed by atoms with Gasteiger partial charge in [0, 0.05) is 32.1 Å². The van der Waals surface area contributed by atoms with Crippen molar-refractivity contribution in [3.63, 3.8) is 0 Å². The van der Waals surface area contributed by atoms with E-state index >= 15 is 0 Å². The van der Waals surface area contributed by atoms with E-state index in [2.05, 4.69) is 10.3 Å². The second-order valence-corrected chi connectivity index (χ2v) is 6.47. The van der Waals surface area contributed by atoms with Crippen LogP contribution in [0.15, 0.2) is 42.7 Å². The SMILES string of the molecule is O=C(c1cncc(Nc2ccccc2F)c1)N1CCC2(CC1)OCCO2. The van der Waals surface area contributed by atoms with Crippen molar-refractivity contribution in [1.82, 2.24) is 9.88 Å². The Labute approximate surface area is 150 Å². The van der Waals surface area contributed by atoms with Crippen LogP contribution in [0.1, 0.15) is 23.2 Å². The third kappa shape index (κ3) is 3.40. The summed E-state index contributed by atoms with van der Waals surface area (Å²) in [7, 11) is 0. The molecular formula is C19H20FN3O3. The predicted octanol–water partition coefficient (Wildman–Crippen LogP) is 2.94. The Morgan fingerprint density at radius 2 is 1.88 bits per heavy atom. The number of halogens is 1. The van der Waals surface area contributed by atoms with E-state index in [9.17, 15) is 9.18 Å².